The Balaban J connectivity index is 2.08. The minimum Gasteiger partial charge on any atom is -0.478 e. The van der Waals surface area contributed by atoms with E-state index in [9.17, 15) is 9.59 Å². The van der Waals surface area contributed by atoms with Gasteiger partial charge >= 0.3 is 11.9 Å². The Morgan fingerprint density at radius 3 is 2.05 bits per heavy atom. The van der Waals surface area contributed by atoms with Gasteiger partial charge in [0.1, 0.15) is 0 Å². The molecule has 0 radical (unpaired) electrons. The van der Waals surface area contributed by atoms with Crippen LogP contribution in [0.3, 0.4) is 0 Å². The van der Waals surface area contributed by atoms with Crippen molar-refractivity contribution < 1.29 is 19.8 Å². The fourth-order valence-corrected chi connectivity index (χ4v) is 2.27. The third-order valence-corrected chi connectivity index (χ3v) is 3.33. The van der Waals surface area contributed by atoms with E-state index in [0.29, 0.717) is 0 Å². The number of benzene rings is 2. The van der Waals surface area contributed by atoms with E-state index in [2.05, 4.69) is 0 Å². The van der Waals surface area contributed by atoms with E-state index in [1.165, 1.54) is 12.1 Å². The van der Waals surface area contributed by atoms with Crippen LogP contribution in [0.15, 0.2) is 54.7 Å². The lowest BCUT2D eigenvalue weighted by Crippen LogP contribution is -1.98. The first-order valence-corrected chi connectivity index (χ1v) is 6.24. The molecule has 0 fully saturated rings. The van der Waals surface area contributed by atoms with Gasteiger partial charge in [0, 0.05) is 17.3 Å². The summed E-state index contributed by atoms with van der Waals surface area (Å²) in [5.41, 5.74) is 2.14. The largest absolute Gasteiger partial charge is 0.478 e. The molecule has 5 heteroatoms. The monoisotopic (exact) mass is 281 g/mol. The van der Waals surface area contributed by atoms with Crippen molar-refractivity contribution in [2.75, 3.05) is 0 Å². The maximum absolute atomic E-state index is 11.0. The normalized spacial score (nSPS) is 10.7. The van der Waals surface area contributed by atoms with Crippen LogP contribution in [0, 0.1) is 0 Å². The summed E-state index contributed by atoms with van der Waals surface area (Å²) in [5, 5.41) is 18.7. The molecule has 3 aromatic rings. The molecule has 0 unspecified atom stereocenters. The summed E-state index contributed by atoms with van der Waals surface area (Å²) in [4.78, 5) is 21.8. The van der Waals surface area contributed by atoms with Crippen molar-refractivity contribution in [2.24, 2.45) is 0 Å². The molecule has 2 aromatic carbocycles. The van der Waals surface area contributed by atoms with Crippen LogP contribution < -0.4 is 0 Å². The van der Waals surface area contributed by atoms with E-state index in [1.807, 2.05) is 16.8 Å². The average molecular weight is 281 g/mol. The highest BCUT2D eigenvalue weighted by molar-refractivity contribution is 5.94. The lowest BCUT2D eigenvalue weighted by molar-refractivity contribution is 0.0686. The number of carboxylic acid groups (broad SMARTS) is 2. The van der Waals surface area contributed by atoms with Gasteiger partial charge < -0.3 is 14.8 Å². The Morgan fingerprint density at radius 2 is 1.43 bits per heavy atom. The Labute approximate surface area is 119 Å². The van der Waals surface area contributed by atoms with Gasteiger partial charge in [-0.3, -0.25) is 0 Å². The summed E-state index contributed by atoms with van der Waals surface area (Å²) in [5.74, 6) is -1.93. The van der Waals surface area contributed by atoms with E-state index in [4.69, 9.17) is 10.2 Å². The van der Waals surface area contributed by atoms with Crippen molar-refractivity contribution in [3.63, 3.8) is 0 Å². The van der Waals surface area contributed by atoms with Crippen LogP contribution in [-0.2, 0) is 0 Å². The van der Waals surface area contributed by atoms with Crippen molar-refractivity contribution in [1.82, 2.24) is 4.57 Å². The second kappa shape index (κ2) is 4.79. The van der Waals surface area contributed by atoms with Crippen LogP contribution in [-0.4, -0.2) is 26.7 Å². The van der Waals surface area contributed by atoms with Gasteiger partial charge in [0.25, 0.3) is 0 Å². The fraction of sp³-hybridized carbons (Fsp3) is 0. The van der Waals surface area contributed by atoms with Gasteiger partial charge in [-0.05, 0) is 48.5 Å². The van der Waals surface area contributed by atoms with E-state index in [1.54, 1.807) is 30.3 Å². The highest BCUT2D eigenvalue weighted by Crippen LogP contribution is 2.22. The second-order valence-electron chi connectivity index (χ2n) is 4.62. The standard InChI is InChI=1S/C16H11NO4/c18-15(19)10-1-4-13(5-2-10)17-8-7-11-9-12(16(20)21)3-6-14(11)17/h1-9H,(H,18,19)(H,20,21). The van der Waals surface area contributed by atoms with E-state index >= 15 is 0 Å². The summed E-state index contributed by atoms with van der Waals surface area (Å²) in [6, 6.07) is 13.2. The van der Waals surface area contributed by atoms with Crippen molar-refractivity contribution >= 4 is 22.8 Å². The first kappa shape index (κ1) is 12.9. The molecule has 0 atom stereocenters. The Hall–Kier alpha value is -3.08. The molecule has 0 amide bonds. The zero-order valence-electron chi connectivity index (χ0n) is 10.9. The minimum absolute atomic E-state index is 0.225. The lowest BCUT2D eigenvalue weighted by Gasteiger charge is -2.06. The number of aromatic nitrogens is 1. The van der Waals surface area contributed by atoms with Crippen LogP contribution in [0.1, 0.15) is 20.7 Å². The number of hydrogen-bond acceptors (Lipinski definition) is 2. The summed E-state index contributed by atoms with van der Waals surface area (Å²) in [7, 11) is 0. The molecule has 1 heterocycles. The molecule has 104 valence electrons. The summed E-state index contributed by atoms with van der Waals surface area (Å²) >= 11 is 0. The molecule has 5 nitrogen and oxygen atoms in total. The predicted molar refractivity (Wildman–Crippen MR) is 77.2 cm³/mol. The molecule has 0 saturated carbocycles. The number of hydrogen-bond donors (Lipinski definition) is 2. The van der Waals surface area contributed by atoms with Crippen LogP contribution in [0.25, 0.3) is 16.6 Å². The fourth-order valence-electron chi connectivity index (χ4n) is 2.27. The first-order valence-electron chi connectivity index (χ1n) is 6.24. The third-order valence-electron chi connectivity index (χ3n) is 3.33. The number of aromatic carboxylic acids is 2. The lowest BCUT2D eigenvalue weighted by atomic mass is 10.1. The van der Waals surface area contributed by atoms with Crippen LogP contribution in [0.5, 0.6) is 0 Å². The van der Waals surface area contributed by atoms with Gasteiger partial charge in [-0.15, -0.1) is 0 Å². The van der Waals surface area contributed by atoms with Gasteiger partial charge in [-0.1, -0.05) is 0 Å². The zero-order valence-corrected chi connectivity index (χ0v) is 10.9. The van der Waals surface area contributed by atoms with Gasteiger partial charge in [0.15, 0.2) is 0 Å². The van der Waals surface area contributed by atoms with E-state index in [0.717, 1.165) is 16.6 Å². The highest BCUT2D eigenvalue weighted by atomic mass is 16.4. The highest BCUT2D eigenvalue weighted by Gasteiger charge is 2.08. The molecule has 0 spiro atoms. The maximum Gasteiger partial charge on any atom is 0.335 e. The van der Waals surface area contributed by atoms with E-state index < -0.39 is 11.9 Å². The summed E-state index contributed by atoms with van der Waals surface area (Å²) < 4.78 is 1.88. The first-order chi connectivity index (χ1) is 10.1. The molecule has 3 rings (SSSR count). The smallest absolute Gasteiger partial charge is 0.335 e. The Morgan fingerprint density at radius 1 is 0.810 bits per heavy atom. The van der Waals surface area contributed by atoms with E-state index in [-0.39, 0.29) is 11.1 Å². The molecular weight excluding hydrogens is 270 g/mol. The second-order valence-corrected chi connectivity index (χ2v) is 4.62. The van der Waals surface area contributed by atoms with Crippen LogP contribution in [0.4, 0.5) is 0 Å². The summed E-state index contributed by atoms with van der Waals surface area (Å²) in [6.45, 7) is 0. The Bertz CT molecular complexity index is 846. The molecule has 0 aliphatic rings. The molecule has 0 saturated heterocycles. The van der Waals surface area contributed by atoms with Crippen molar-refractivity contribution in [1.29, 1.82) is 0 Å². The molecule has 1 aromatic heterocycles. The molecule has 0 aliphatic heterocycles. The van der Waals surface area contributed by atoms with Gasteiger partial charge in [-0.2, -0.15) is 0 Å². The summed E-state index contributed by atoms with van der Waals surface area (Å²) in [6.07, 6.45) is 1.83. The number of nitrogens with zero attached hydrogens (tertiary/aromatic N) is 1. The SMILES string of the molecule is O=C(O)c1ccc(-n2ccc3cc(C(=O)O)ccc32)cc1. The predicted octanol–water partition coefficient (Wildman–Crippen LogP) is 3.03. The van der Waals surface area contributed by atoms with Gasteiger partial charge in [-0.25, -0.2) is 9.59 Å². The number of fused-ring (bicyclic) bond motifs is 1. The van der Waals surface area contributed by atoms with Crippen LogP contribution >= 0.6 is 0 Å². The van der Waals surface area contributed by atoms with Crippen molar-refractivity contribution in [2.45, 2.75) is 0 Å². The zero-order chi connectivity index (χ0) is 15.0. The minimum atomic E-state index is -0.968. The van der Waals surface area contributed by atoms with Crippen molar-refractivity contribution in [3.05, 3.63) is 65.9 Å². The molecule has 0 bridgehead atoms. The van der Waals surface area contributed by atoms with Crippen LogP contribution in [0.2, 0.25) is 0 Å². The quantitative estimate of drug-likeness (QED) is 0.773. The number of rotatable bonds is 3. The average Bonchev–Trinajstić information content (AvgIpc) is 2.90. The molecule has 0 aliphatic carbocycles. The number of carbonyl (C=O) groups is 2. The van der Waals surface area contributed by atoms with Gasteiger partial charge in [0.05, 0.1) is 16.6 Å². The van der Waals surface area contributed by atoms with Gasteiger partial charge in [0.2, 0.25) is 0 Å². The molecule has 2 N–H and O–H groups in total. The molecule has 21 heavy (non-hydrogen) atoms. The number of carboxylic acids is 2. The Kier molecular flexibility index (Phi) is 2.95. The molecular formula is C16H11NO4. The topological polar surface area (TPSA) is 79.5 Å². The maximum atomic E-state index is 11.0. The third kappa shape index (κ3) is 2.25. The van der Waals surface area contributed by atoms with Crippen molar-refractivity contribution in [3.8, 4) is 5.69 Å².